The van der Waals surface area contributed by atoms with Gasteiger partial charge in [-0.25, -0.2) is 13.1 Å². The lowest BCUT2D eigenvalue weighted by Gasteiger charge is -2.25. The van der Waals surface area contributed by atoms with Crippen molar-refractivity contribution < 1.29 is 18.3 Å². The first-order valence-corrected chi connectivity index (χ1v) is 7.52. The van der Waals surface area contributed by atoms with E-state index in [1.165, 1.54) is 0 Å². The molecule has 1 aliphatic heterocycles. The van der Waals surface area contributed by atoms with E-state index in [9.17, 15) is 13.2 Å². The Balaban J connectivity index is 2.63. The molecular formula is C10H11NO4S2. The molecular weight excluding hydrogens is 262 g/mol. The van der Waals surface area contributed by atoms with Crippen molar-refractivity contribution in [3.63, 3.8) is 0 Å². The maximum Gasteiger partial charge on any atom is 0.306 e. The molecule has 0 saturated heterocycles. The smallest absolute Gasteiger partial charge is 0.306 e. The Morgan fingerprint density at radius 2 is 2.12 bits per heavy atom. The second-order valence-corrected chi connectivity index (χ2v) is 6.96. The van der Waals surface area contributed by atoms with E-state index in [4.69, 9.17) is 5.11 Å². The van der Waals surface area contributed by atoms with Crippen LogP contribution in [0.2, 0.25) is 0 Å². The first-order valence-electron chi connectivity index (χ1n) is 4.82. The van der Waals surface area contributed by atoms with Crippen LogP contribution in [0.5, 0.6) is 0 Å². The maximum absolute atomic E-state index is 11.9. The molecule has 0 aliphatic carbocycles. The molecule has 0 aromatic heterocycles. The molecule has 0 fully saturated rings. The van der Waals surface area contributed by atoms with Gasteiger partial charge in [0.05, 0.1) is 6.42 Å². The van der Waals surface area contributed by atoms with Crippen molar-refractivity contribution in [2.45, 2.75) is 16.2 Å². The summed E-state index contributed by atoms with van der Waals surface area (Å²) in [6.45, 7) is 0. The van der Waals surface area contributed by atoms with E-state index >= 15 is 0 Å². The quantitative estimate of drug-likeness (QED) is 0.798. The van der Waals surface area contributed by atoms with Gasteiger partial charge in [-0.2, -0.15) is 0 Å². The summed E-state index contributed by atoms with van der Waals surface area (Å²) >= 11 is 1.15. The molecule has 2 rings (SSSR count). The predicted molar refractivity (Wildman–Crippen MR) is 64.2 cm³/mol. The second kappa shape index (κ2) is 4.01. The monoisotopic (exact) mass is 273 g/mol. The number of fused-ring (bicyclic) bond motifs is 1. The summed E-state index contributed by atoms with van der Waals surface area (Å²) < 4.78 is 26.6. The molecule has 1 aliphatic rings. The van der Waals surface area contributed by atoms with Crippen molar-refractivity contribution >= 4 is 27.8 Å². The van der Waals surface area contributed by atoms with Gasteiger partial charge in [0.2, 0.25) is 0 Å². The summed E-state index contributed by atoms with van der Waals surface area (Å²) in [7, 11) is -3.59. The van der Waals surface area contributed by atoms with Crippen molar-refractivity contribution in [2.75, 3.05) is 6.26 Å². The lowest BCUT2D eigenvalue weighted by molar-refractivity contribution is -0.137. The molecule has 1 unspecified atom stereocenters. The minimum Gasteiger partial charge on any atom is -0.481 e. The predicted octanol–water partition coefficient (Wildman–Crippen LogP) is 0.969. The average molecular weight is 273 g/mol. The highest BCUT2D eigenvalue weighted by atomic mass is 32.2. The van der Waals surface area contributed by atoms with Crippen LogP contribution in [0.3, 0.4) is 0 Å². The highest BCUT2D eigenvalue weighted by Crippen LogP contribution is 2.44. The number of carbonyl (C=O) groups is 1. The summed E-state index contributed by atoms with van der Waals surface area (Å²) in [6.07, 6.45) is 0.557. The molecule has 17 heavy (non-hydrogen) atoms. The van der Waals surface area contributed by atoms with Crippen LogP contribution >= 0.6 is 11.9 Å². The lowest BCUT2D eigenvalue weighted by Crippen LogP contribution is -2.44. The highest BCUT2D eigenvalue weighted by Gasteiger charge is 2.49. The lowest BCUT2D eigenvalue weighted by atomic mass is 10.0. The summed E-state index contributed by atoms with van der Waals surface area (Å²) in [5.41, 5.74) is 0.509. The van der Waals surface area contributed by atoms with Crippen LogP contribution < -0.4 is 4.72 Å². The molecule has 5 nitrogen and oxygen atoms in total. The van der Waals surface area contributed by atoms with Gasteiger partial charge in [0.1, 0.15) is 0 Å². The standard InChI is InChI=1S/C10H11NO4S2/c1-17(14,15)10(6-9(12)13)7-4-2-3-5-8(7)16-11-10/h2-5,11H,6H2,1H3,(H,12,13). The normalized spacial score (nSPS) is 23.4. The molecule has 1 atom stereocenters. The molecule has 0 radical (unpaired) electrons. The molecule has 1 aromatic rings. The Bertz CT molecular complexity index is 569. The van der Waals surface area contributed by atoms with E-state index in [0.29, 0.717) is 5.56 Å². The number of hydrogen-bond donors (Lipinski definition) is 2. The van der Waals surface area contributed by atoms with Gasteiger partial charge in [-0.3, -0.25) is 4.79 Å². The van der Waals surface area contributed by atoms with Crippen LogP contribution in [-0.4, -0.2) is 25.7 Å². The number of carboxylic acid groups (broad SMARTS) is 1. The summed E-state index contributed by atoms with van der Waals surface area (Å²) in [5.74, 6) is -1.15. The Morgan fingerprint density at radius 1 is 1.47 bits per heavy atom. The van der Waals surface area contributed by atoms with Gasteiger partial charge in [-0.1, -0.05) is 18.2 Å². The number of carboxylic acids is 1. The minimum atomic E-state index is -3.59. The third kappa shape index (κ3) is 1.94. The molecule has 1 heterocycles. The van der Waals surface area contributed by atoms with Crippen LogP contribution in [-0.2, 0) is 19.5 Å². The average Bonchev–Trinajstić information content (AvgIpc) is 2.57. The van der Waals surface area contributed by atoms with Crippen LogP contribution in [0.25, 0.3) is 0 Å². The van der Waals surface area contributed by atoms with Crippen molar-refractivity contribution in [1.82, 2.24) is 4.72 Å². The topological polar surface area (TPSA) is 83.5 Å². The number of rotatable bonds is 3. The third-order valence-corrected chi connectivity index (χ3v) is 5.57. The number of nitrogens with one attached hydrogen (secondary N) is 1. The fourth-order valence-corrected chi connectivity index (χ4v) is 4.55. The van der Waals surface area contributed by atoms with E-state index in [1.54, 1.807) is 24.3 Å². The van der Waals surface area contributed by atoms with Crippen molar-refractivity contribution in [2.24, 2.45) is 0 Å². The van der Waals surface area contributed by atoms with Gasteiger partial charge in [0, 0.05) is 16.7 Å². The molecule has 0 spiro atoms. The van der Waals surface area contributed by atoms with Gasteiger partial charge in [-0.15, -0.1) is 0 Å². The van der Waals surface area contributed by atoms with Crippen LogP contribution in [0, 0.1) is 0 Å². The SMILES string of the molecule is CS(=O)(=O)C1(CC(=O)O)NSc2ccccc21. The molecule has 0 saturated carbocycles. The van der Waals surface area contributed by atoms with E-state index < -0.39 is 27.1 Å². The van der Waals surface area contributed by atoms with Crippen LogP contribution in [0.15, 0.2) is 29.2 Å². The zero-order valence-electron chi connectivity index (χ0n) is 9.00. The molecule has 1 aromatic carbocycles. The van der Waals surface area contributed by atoms with Crippen molar-refractivity contribution in [3.05, 3.63) is 29.8 Å². The van der Waals surface area contributed by atoms with Crippen molar-refractivity contribution in [3.8, 4) is 0 Å². The Kier molecular flexibility index (Phi) is 2.92. The first kappa shape index (κ1) is 12.4. The van der Waals surface area contributed by atoms with E-state index in [2.05, 4.69) is 4.72 Å². The van der Waals surface area contributed by atoms with Gasteiger partial charge >= 0.3 is 5.97 Å². The summed E-state index contributed by atoms with van der Waals surface area (Å²) in [5, 5.41) is 8.91. The third-order valence-electron chi connectivity index (χ3n) is 2.68. The van der Waals surface area contributed by atoms with Crippen molar-refractivity contribution in [1.29, 1.82) is 0 Å². The largest absolute Gasteiger partial charge is 0.481 e. The van der Waals surface area contributed by atoms with Gasteiger partial charge in [-0.05, 0) is 18.0 Å². The number of hydrogen-bond acceptors (Lipinski definition) is 5. The molecule has 7 heteroatoms. The Hall–Kier alpha value is -1.05. The fraction of sp³-hybridized carbons (Fsp3) is 0.300. The second-order valence-electron chi connectivity index (χ2n) is 3.87. The van der Waals surface area contributed by atoms with Crippen LogP contribution in [0.1, 0.15) is 12.0 Å². The van der Waals surface area contributed by atoms with Gasteiger partial charge in [0.25, 0.3) is 0 Å². The fourth-order valence-electron chi connectivity index (χ4n) is 1.83. The van der Waals surface area contributed by atoms with E-state index in [-0.39, 0.29) is 0 Å². The first-order chi connectivity index (χ1) is 7.87. The highest BCUT2D eigenvalue weighted by molar-refractivity contribution is 7.99. The Morgan fingerprint density at radius 3 is 2.71 bits per heavy atom. The number of benzene rings is 1. The molecule has 2 N–H and O–H groups in total. The molecule has 92 valence electrons. The zero-order valence-corrected chi connectivity index (χ0v) is 10.6. The van der Waals surface area contributed by atoms with E-state index in [0.717, 1.165) is 23.1 Å². The Labute approximate surface area is 103 Å². The number of sulfone groups is 1. The number of aliphatic carboxylic acids is 1. The van der Waals surface area contributed by atoms with Gasteiger partial charge in [0.15, 0.2) is 14.7 Å². The summed E-state index contributed by atoms with van der Waals surface area (Å²) in [4.78, 5) is 10.1. The minimum absolute atomic E-state index is 0.490. The maximum atomic E-state index is 11.9. The van der Waals surface area contributed by atoms with E-state index in [1.807, 2.05) is 0 Å². The summed E-state index contributed by atoms with van der Waals surface area (Å²) in [6, 6.07) is 6.90. The van der Waals surface area contributed by atoms with Crippen LogP contribution in [0.4, 0.5) is 0 Å². The van der Waals surface area contributed by atoms with Gasteiger partial charge < -0.3 is 5.11 Å². The zero-order chi connectivity index (χ0) is 12.7. The molecule has 0 amide bonds. The molecule has 0 bridgehead atoms.